The molecule has 3 unspecified atom stereocenters. The van der Waals surface area contributed by atoms with Gasteiger partial charge in [-0.05, 0) is 43.6 Å². The summed E-state index contributed by atoms with van der Waals surface area (Å²) in [6, 6.07) is 4.14. The highest BCUT2D eigenvalue weighted by Crippen LogP contribution is 2.39. The molecule has 112 valence electrons. The van der Waals surface area contributed by atoms with Gasteiger partial charge in [0.25, 0.3) is 0 Å². The first kappa shape index (κ1) is 15.4. The minimum Gasteiger partial charge on any atom is -0.307 e. The first-order chi connectivity index (χ1) is 9.28. The van der Waals surface area contributed by atoms with Gasteiger partial charge < -0.3 is 5.32 Å². The highest BCUT2D eigenvalue weighted by atomic mass is 19.1. The van der Waals surface area contributed by atoms with E-state index in [2.05, 4.69) is 26.1 Å². The Hall–Kier alpha value is -0.960. The van der Waals surface area contributed by atoms with E-state index in [0.717, 1.165) is 12.5 Å². The number of rotatable bonds is 3. The summed E-state index contributed by atoms with van der Waals surface area (Å²) < 4.78 is 26.8. The summed E-state index contributed by atoms with van der Waals surface area (Å²) in [7, 11) is 0. The average molecular weight is 281 g/mol. The van der Waals surface area contributed by atoms with Crippen LogP contribution in [0.4, 0.5) is 8.78 Å². The molecule has 1 saturated carbocycles. The Morgan fingerprint density at radius 2 is 2.00 bits per heavy atom. The lowest BCUT2D eigenvalue weighted by Gasteiger charge is -2.40. The van der Waals surface area contributed by atoms with Crippen LogP contribution < -0.4 is 5.32 Å². The van der Waals surface area contributed by atoms with E-state index >= 15 is 0 Å². The van der Waals surface area contributed by atoms with E-state index in [9.17, 15) is 8.78 Å². The van der Waals surface area contributed by atoms with Crippen molar-refractivity contribution < 1.29 is 8.78 Å². The molecule has 1 aromatic rings. The summed E-state index contributed by atoms with van der Waals surface area (Å²) in [5, 5.41) is 3.52. The molecule has 1 aliphatic rings. The maximum absolute atomic E-state index is 13.8. The maximum Gasteiger partial charge on any atom is 0.130 e. The number of hydrogen-bond donors (Lipinski definition) is 1. The van der Waals surface area contributed by atoms with Crippen molar-refractivity contribution in [1.82, 2.24) is 5.32 Å². The predicted octanol–water partition coefficient (Wildman–Crippen LogP) is 4.83. The highest BCUT2D eigenvalue weighted by Gasteiger charge is 2.33. The molecule has 3 atom stereocenters. The molecule has 0 radical (unpaired) electrons. The summed E-state index contributed by atoms with van der Waals surface area (Å²) in [5.41, 5.74) is 0.950. The van der Waals surface area contributed by atoms with Crippen molar-refractivity contribution in [2.45, 2.75) is 59.0 Å². The van der Waals surface area contributed by atoms with Crippen LogP contribution >= 0.6 is 0 Å². The summed E-state index contributed by atoms with van der Waals surface area (Å²) in [5.74, 6) is -0.412. The quantitative estimate of drug-likeness (QED) is 0.836. The van der Waals surface area contributed by atoms with Gasteiger partial charge in [-0.15, -0.1) is 0 Å². The van der Waals surface area contributed by atoms with Gasteiger partial charge in [-0.1, -0.05) is 26.8 Å². The molecule has 20 heavy (non-hydrogen) atoms. The van der Waals surface area contributed by atoms with E-state index < -0.39 is 11.6 Å². The summed E-state index contributed by atoms with van der Waals surface area (Å²) in [6.45, 7) is 8.82. The van der Waals surface area contributed by atoms with E-state index in [4.69, 9.17) is 0 Å². The number of hydrogen-bond acceptors (Lipinski definition) is 1. The van der Waals surface area contributed by atoms with E-state index in [0.29, 0.717) is 22.9 Å². The zero-order valence-corrected chi connectivity index (χ0v) is 12.8. The molecule has 2 rings (SSSR count). The molecule has 0 bridgehead atoms. The molecule has 1 fully saturated rings. The molecular weight excluding hydrogens is 256 g/mol. The molecule has 0 aromatic heterocycles. The molecular formula is C17H25F2N. The lowest BCUT2D eigenvalue weighted by atomic mass is 9.70. The lowest BCUT2D eigenvalue weighted by Crippen LogP contribution is -2.42. The minimum atomic E-state index is -0.522. The molecule has 1 N–H and O–H groups in total. The van der Waals surface area contributed by atoms with Crippen LogP contribution in [0.15, 0.2) is 18.2 Å². The van der Waals surface area contributed by atoms with Crippen molar-refractivity contribution >= 4 is 0 Å². The fourth-order valence-electron chi connectivity index (χ4n) is 3.46. The van der Waals surface area contributed by atoms with Gasteiger partial charge in [-0.25, -0.2) is 8.78 Å². The molecule has 3 heteroatoms. The maximum atomic E-state index is 13.8. The second-order valence-electron chi connectivity index (χ2n) is 7.04. The van der Waals surface area contributed by atoms with Crippen LogP contribution in [0, 0.1) is 23.0 Å². The van der Waals surface area contributed by atoms with Crippen LogP contribution in [0.1, 0.15) is 58.6 Å². The summed E-state index contributed by atoms with van der Waals surface area (Å²) >= 11 is 0. The average Bonchev–Trinajstić information content (AvgIpc) is 2.32. The van der Waals surface area contributed by atoms with Crippen LogP contribution in [-0.4, -0.2) is 6.04 Å². The van der Waals surface area contributed by atoms with Crippen molar-refractivity contribution in [2.75, 3.05) is 0 Å². The Balaban J connectivity index is 2.03. The van der Waals surface area contributed by atoms with Crippen molar-refractivity contribution in [3.63, 3.8) is 0 Å². The zero-order valence-electron chi connectivity index (χ0n) is 12.8. The van der Waals surface area contributed by atoms with E-state index in [1.165, 1.54) is 18.9 Å². The molecule has 0 saturated heterocycles. The molecule has 0 spiro atoms. The first-order valence-electron chi connectivity index (χ1n) is 7.49. The summed E-state index contributed by atoms with van der Waals surface area (Å²) in [4.78, 5) is 0. The Labute approximate surface area is 120 Å². The van der Waals surface area contributed by atoms with Crippen molar-refractivity contribution in [3.8, 4) is 0 Å². The van der Waals surface area contributed by atoms with Crippen molar-refractivity contribution in [3.05, 3.63) is 35.4 Å². The normalized spacial score (nSPS) is 27.3. The monoisotopic (exact) mass is 281 g/mol. The van der Waals surface area contributed by atoms with Crippen molar-refractivity contribution in [2.24, 2.45) is 11.3 Å². The van der Waals surface area contributed by atoms with E-state index in [-0.39, 0.29) is 6.04 Å². The lowest BCUT2D eigenvalue weighted by molar-refractivity contribution is 0.142. The third kappa shape index (κ3) is 3.57. The van der Waals surface area contributed by atoms with Gasteiger partial charge in [-0.2, -0.15) is 0 Å². The largest absolute Gasteiger partial charge is 0.307 e. The van der Waals surface area contributed by atoms with Crippen LogP contribution in [-0.2, 0) is 0 Å². The Bertz CT molecular complexity index is 470. The predicted molar refractivity (Wildman–Crippen MR) is 78.5 cm³/mol. The van der Waals surface area contributed by atoms with E-state index in [1.807, 2.05) is 6.92 Å². The third-order valence-corrected chi connectivity index (χ3v) is 4.59. The van der Waals surface area contributed by atoms with Gasteiger partial charge in [0.05, 0.1) is 0 Å². The third-order valence-electron chi connectivity index (χ3n) is 4.59. The topological polar surface area (TPSA) is 12.0 Å². The summed E-state index contributed by atoms with van der Waals surface area (Å²) in [6.07, 6.45) is 3.48. The van der Waals surface area contributed by atoms with Gasteiger partial charge in [0.2, 0.25) is 0 Å². The van der Waals surface area contributed by atoms with Gasteiger partial charge in [0.1, 0.15) is 11.6 Å². The highest BCUT2D eigenvalue weighted by molar-refractivity contribution is 5.21. The van der Waals surface area contributed by atoms with Gasteiger partial charge >= 0.3 is 0 Å². The van der Waals surface area contributed by atoms with Crippen LogP contribution in [0.5, 0.6) is 0 Å². The van der Waals surface area contributed by atoms with Crippen LogP contribution in [0.2, 0.25) is 0 Å². The Morgan fingerprint density at radius 3 is 2.60 bits per heavy atom. The van der Waals surface area contributed by atoms with Crippen molar-refractivity contribution in [1.29, 1.82) is 0 Å². The molecule has 1 aromatic carbocycles. The fourth-order valence-corrected chi connectivity index (χ4v) is 3.46. The van der Waals surface area contributed by atoms with Gasteiger partial charge in [0.15, 0.2) is 0 Å². The van der Waals surface area contributed by atoms with Crippen LogP contribution in [0.25, 0.3) is 0 Å². The standard InChI is InChI=1S/C17H25F2N/c1-11-10-17(3,4)8-7-16(11)20-12(2)14-6-5-13(18)9-15(14)19/h5-6,9,11-12,16,20H,7-8,10H2,1-4H3. The molecule has 1 nitrogen and oxygen atoms in total. The molecule has 1 aliphatic carbocycles. The Kier molecular flexibility index (Phi) is 4.48. The smallest absolute Gasteiger partial charge is 0.130 e. The van der Waals surface area contributed by atoms with Crippen LogP contribution in [0.3, 0.4) is 0 Å². The number of benzene rings is 1. The number of nitrogens with one attached hydrogen (secondary N) is 1. The first-order valence-corrected chi connectivity index (χ1v) is 7.49. The number of halogens is 2. The molecule has 0 amide bonds. The SMILES string of the molecule is CC(NC1CCC(C)(C)CC1C)c1ccc(F)cc1F. The van der Waals surface area contributed by atoms with Gasteiger partial charge in [0, 0.05) is 23.7 Å². The fraction of sp³-hybridized carbons (Fsp3) is 0.647. The molecule has 0 aliphatic heterocycles. The minimum absolute atomic E-state index is 0.0933. The zero-order chi connectivity index (χ0) is 14.9. The second-order valence-corrected chi connectivity index (χ2v) is 7.04. The second kappa shape index (κ2) is 5.80. The molecule has 0 heterocycles. The van der Waals surface area contributed by atoms with Gasteiger partial charge in [-0.3, -0.25) is 0 Å². The van der Waals surface area contributed by atoms with E-state index in [1.54, 1.807) is 6.07 Å². The Morgan fingerprint density at radius 1 is 1.30 bits per heavy atom.